The van der Waals surface area contributed by atoms with E-state index in [9.17, 15) is 5.11 Å². The molecule has 0 aromatic rings. The van der Waals surface area contributed by atoms with Crippen molar-refractivity contribution in [1.29, 1.82) is 0 Å². The van der Waals surface area contributed by atoms with Crippen LogP contribution in [0.1, 0.15) is 114 Å². The second kappa shape index (κ2) is 11.4. The van der Waals surface area contributed by atoms with Gasteiger partial charge in [0.25, 0.3) is 0 Å². The van der Waals surface area contributed by atoms with Gasteiger partial charge in [0.1, 0.15) is 0 Å². The molecule has 0 bridgehead atoms. The van der Waals surface area contributed by atoms with E-state index in [0.717, 1.165) is 54.5 Å². The van der Waals surface area contributed by atoms with Gasteiger partial charge in [0, 0.05) is 11.8 Å². The summed E-state index contributed by atoms with van der Waals surface area (Å²) in [6, 6.07) is 6.71. The largest absolute Gasteiger partial charge is 0.413 e. The molecule has 2 unspecified atom stereocenters. The Morgan fingerprint density at radius 3 is 2.00 bits per heavy atom. The van der Waals surface area contributed by atoms with Crippen LogP contribution in [-0.2, 0) is 8.85 Å². The van der Waals surface area contributed by atoms with E-state index < -0.39 is 22.4 Å². The van der Waals surface area contributed by atoms with Crippen LogP contribution >= 0.6 is 0 Å². The maximum atomic E-state index is 13.1. The molecule has 4 aliphatic carbocycles. The van der Waals surface area contributed by atoms with Crippen molar-refractivity contribution in [2.24, 2.45) is 34.5 Å². The highest BCUT2D eigenvalue weighted by Gasteiger charge is 2.66. The Kier molecular flexibility index (Phi) is 9.28. The number of rotatable bonds is 11. The fraction of sp³-hybridized carbons (Fsp3) is 0.939. The molecule has 3 saturated carbocycles. The van der Waals surface area contributed by atoms with E-state index in [4.69, 9.17) is 8.85 Å². The van der Waals surface area contributed by atoms with Crippen molar-refractivity contribution in [2.45, 2.75) is 162 Å². The summed E-state index contributed by atoms with van der Waals surface area (Å²) >= 11 is 0. The van der Waals surface area contributed by atoms with Crippen LogP contribution in [0, 0.1) is 34.5 Å². The average Bonchev–Trinajstić information content (AvgIpc) is 3.27. The van der Waals surface area contributed by atoms with Crippen LogP contribution in [0.2, 0.25) is 36.3 Å². The molecule has 0 aromatic heterocycles. The van der Waals surface area contributed by atoms with Gasteiger partial charge in [-0.15, -0.1) is 0 Å². The fourth-order valence-electron chi connectivity index (χ4n) is 10.4. The molecule has 3 fully saturated rings. The van der Waals surface area contributed by atoms with Crippen molar-refractivity contribution in [2.75, 3.05) is 0 Å². The first-order valence-electron chi connectivity index (χ1n) is 16.8. The van der Waals surface area contributed by atoms with Crippen molar-refractivity contribution in [3.05, 3.63) is 11.6 Å². The second-order valence-electron chi connectivity index (χ2n) is 14.3. The predicted molar refractivity (Wildman–Crippen MR) is 166 cm³/mol. The van der Waals surface area contributed by atoms with Gasteiger partial charge >= 0.3 is 0 Å². The molecular weight excluding hydrogens is 501 g/mol. The lowest BCUT2D eigenvalue weighted by atomic mass is 9.46. The summed E-state index contributed by atoms with van der Waals surface area (Å²) in [5, 5.41) is 13.1. The van der Waals surface area contributed by atoms with E-state index in [-0.39, 0.29) is 11.5 Å². The Morgan fingerprint density at radius 1 is 0.842 bits per heavy atom. The monoisotopic (exact) mass is 562 g/mol. The SMILES string of the molecule is CC[C@H]1CC[C@H]2[C@@H]3CC=C4CC(O[Si](CC)(CC)CC)CC(O)(O[Si](CC)(CC)CC)[C@]4(C)[C@H]3CC[C@]12C. The first-order valence-corrected chi connectivity index (χ1v) is 21.8. The third-order valence-electron chi connectivity index (χ3n) is 13.6. The summed E-state index contributed by atoms with van der Waals surface area (Å²) in [4.78, 5) is 0. The summed E-state index contributed by atoms with van der Waals surface area (Å²) in [6.45, 7) is 21.4. The lowest BCUT2D eigenvalue weighted by Crippen LogP contribution is -2.66. The summed E-state index contributed by atoms with van der Waals surface area (Å²) in [5.74, 6) is 1.75. The topological polar surface area (TPSA) is 38.7 Å². The Labute approximate surface area is 238 Å². The van der Waals surface area contributed by atoms with Crippen molar-refractivity contribution in [1.82, 2.24) is 0 Å². The maximum Gasteiger partial charge on any atom is 0.195 e. The van der Waals surface area contributed by atoms with Crippen LogP contribution in [0.15, 0.2) is 11.6 Å². The maximum absolute atomic E-state index is 13.1. The van der Waals surface area contributed by atoms with Gasteiger partial charge in [0.2, 0.25) is 0 Å². The summed E-state index contributed by atoms with van der Waals surface area (Å²) in [6.07, 6.45) is 12.2. The molecule has 0 aliphatic heterocycles. The third kappa shape index (κ3) is 4.70. The number of fused-ring (bicyclic) bond motifs is 5. The lowest BCUT2D eigenvalue weighted by Gasteiger charge is -2.64. The Morgan fingerprint density at radius 2 is 1.45 bits per heavy atom. The molecule has 0 spiro atoms. The fourth-order valence-corrected chi connectivity index (χ4v) is 16.2. The van der Waals surface area contributed by atoms with Gasteiger partial charge in [-0.1, -0.05) is 80.4 Å². The third-order valence-corrected chi connectivity index (χ3v) is 22.9. The van der Waals surface area contributed by atoms with Gasteiger partial charge in [-0.25, -0.2) is 0 Å². The van der Waals surface area contributed by atoms with Crippen molar-refractivity contribution < 1.29 is 14.0 Å². The Balaban J connectivity index is 1.76. The number of hydrogen-bond donors (Lipinski definition) is 1. The zero-order valence-corrected chi connectivity index (χ0v) is 28.6. The Hall–Kier alpha value is 0.0538. The van der Waals surface area contributed by atoms with Gasteiger partial charge < -0.3 is 14.0 Å². The molecule has 0 saturated heterocycles. The quantitative estimate of drug-likeness (QED) is 0.155. The zero-order chi connectivity index (χ0) is 28.0. The van der Waals surface area contributed by atoms with Gasteiger partial charge in [0.15, 0.2) is 22.4 Å². The normalized spacial score (nSPS) is 41.3. The minimum atomic E-state index is -2.05. The standard InChI is InChI=1S/C33H62O3Si2/c1-10-25-18-20-29-28-19-17-26-23-27(35-37(11-2,12-3)13-4)24-33(34,36-38(14-5,15-6)16-7)32(26,9)30(28)21-22-31(25,29)8/h17,25,27-30,34H,10-16,18-24H2,1-9H3/t25-,27?,28-,29-,30-,31+,32-,33?/m0/s1. The molecule has 4 rings (SSSR count). The Bertz CT molecular complexity index is 835. The van der Waals surface area contributed by atoms with E-state index in [1.54, 1.807) is 0 Å². The summed E-state index contributed by atoms with van der Waals surface area (Å²) < 4.78 is 14.5. The van der Waals surface area contributed by atoms with E-state index in [1.165, 1.54) is 44.1 Å². The molecule has 0 amide bonds. The number of allylic oxidation sites excluding steroid dienone is 1. The van der Waals surface area contributed by atoms with Gasteiger partial charge in [-0.2, -0.15) is 0 Å². The minimum Gasteiger partial charge on any atom is -0.413 e. The van der Waals surface area contributed by atoms with Crippen LogP contribution in [0.3, 0.4) is 0 Å². The molecular formula is C33H62O3Si2. The summed E-state index contributed by atoms with van der Waals surface area (Å²) in [7, 11) is -3.84. The molecule has 1 N–H and O–H groups in total. The molecule has 220 valence electrons. The number of aliphatic hydroxyl groups is 1. The smallest absolute Gasteiger partial charge is 0.195 e. The van der Waals surface area contributed by atoms with Crippen molar-refractivity contribution >= 4 is 16.6 Å². The summed E-state index contributed by atoms with van der Waals surface area (Å²) in [5.41, 5.74) is 1.66. The van der Waals surface area contributed by atoms with E-state index in [2.05, 4.69) is 68.4 Å². The second-order valence-corrected chi connectivity index (χ2v) is 23.7. The molecule has 3 nitrogen and oxygen atoms in total. The molecule has 4 aliphatic rings. The van der Waals surface area contributed by atoms with Crippen molar-refractivity contribution in [3.8, 4) is 0 Å². The molecule has 0 aromatic carbocycles. The first kappa shape index (κ1) is 31.0. The predicted octanol–water partition coefficient (Wildman–Crippen LogP) is 9.69. The van der Waals surface area contributed by atoms with E-state index in [0.29, 0.717) is 23.7 Å². The molecule has 0 radical (unpaired) electrons. The van der Waals surface area contributed by atoms with E-state index in [1.807, 2.05) is 0 Å². The van der Waals surface area contributed by atoms with Gasteiger partial charge in [-0.05, 0) is 104 Å². The van der Waals surface area contributed by atoms with Crippen molar-refractivity contribution in [3.63, 3.8) is 0 Å². The molecule has 0 heterocycles. The minimum absolute atomic E-state index is 0.0875. The molecule has 5 heteroatoms. The van der Waals surface area contributed by atoms with Gasteiger partial charge in [0.05, 0.1) is 6.10 Å². The first-order chi connectivity index (χ1) is 18.0. The highest BCUT2D eigenvalue weighted by atomic mass is 28.4. The van der Waals surface area contributed by atoms with Crippen LogP contribution in [0.25, 0.3) is 0 Å². The van der Waals surface area contributed by atoms with Crippen LogP contribution < -0.4 is 0 Å². The highest BCUT2D eigenvalue weighted by molar-refractivity contribution is 6.74. The molecule has 38 heavy (non-hydrogen) atoms. The van der Waals surface area contributed by atoms with E-state index >= 15 is 0 Å². The number of hydrogen-bond acceptors (Lipinski definition) is 3. The average molecular weight is 563 g/mol. The zero-order valence-electron chi connectivity index (χ0n) is 26.6. The lowest BCUT2D eigenvalue weighted by molar-refractivity contribution is -0.269. The van der Waals surface area contributed by atoms with Crippen LogP contribution in [0.4, 0.5) is 0 Å². The molecule has 8 atom stereocenters. The van der Waals surface area contributed by atoms with Crippen LogP contribution in [-0.4, -0.2) is 33.6 Å². The van der Waals surface area contributed by atoms with Crippen LogP contribution in [0.5, 0.6) is 0 Å². The highest BCUT2D eigenvalue weighted by Crippen LogP contribution is 2.69. The van der Waals surface area contributed by atoms with Gasteiger partial charge in [-0.3, -0.25) is 0 Å².